The fourth-order valence-corrected chi connectivity index (χ4v) is 4.68. The average Bonchev–Trinajstić information content (AvgIpc) is 3.32. The Labute approximate surface area is 172 Å². The van der Waals surface area contributed by atoms with Gasteiger partial charge in [0.1, 0.15) is 12.1 Å². The van der Waals surface area contributed by atoms with E-state index in [0.29, 0.717) is 37.7 Å². The average molecular weight is 417 g/mol. The Kier molecular flexibility index (Phi) is 5.54. The van der Waals surface area contributed by atoms with Crippen LogP contribution in [0.4, 0.5) is 4.79 Å². The zero-order chi connectivity index (χ0) is 20.4. The number of aromatic hydroxyl groups is 1. The van der Waals surface area contributed by atoms with Crippen LogP contribution in [0.15, 0.2) is 30.6 Å². The van der Waals surface area contributed by atoms with E-state index < -0.39 is 0 Å². The van der Waals surface area contributed by atoms with E-state index in [1.54, 1.807) is 18.9 Å². The molecule has 0 saturated carbocycles. The maximum Gasteiger partial charge on any atom is 0.409 e. The van der Waals surface area contributed by atoms with Gasteiger partial charge in [0.05, 0.1) is 24.6 Å². The number of carbonyl (C=O) groups is 1. The summed E-state index contributed by atoms with van der Waals surface area (Å²) in [5.41, 5.74) is 0.994. The van der Waals surface area contributed by atoms with Crippen molar-refractivity contribution in [3.8, 4) is 11.6 Å². The van der Waals surface area contributed by atoms with Crippen LogP contribution in [0.1, 0.15) is 23.4 Å². The number of piperazine rings is 1. The summed E-state index contributed by atoms with van der Waals surface area (Å²) >= 11 is 1.41. The molecule has 0 spiro atoms. The summed E-state index contributed by atoms with van der Waals surface area (Å²) in [7, 11) is 1.63. The van der Waals surface area contributed by atoms with Crippen molar-refractivity contribution in [2.75, 3.05) is 39.9 Å². The first-order valence-electron chi connectivity index (χ1n) is 9.43. The highest BCUT2D eigenvalue weighted by molar-refractivity contribution is 7.17. The van der Waals surface area contributed by atoms with Crippen LogP contribution in [-0.4, -0.2) is 75.5 Å². The largest absolute Gasteiger partial charge is 0.497 e. The third kappa shape index (κ3) is 3.73. The van der Waals surface area contributed by atoms with Gasteiger partial charge in [-0.1, -0.05) is 23.5 Å². The lowest BCUT2D eigenvalue weighted by Gasteiger charge is -2.38. The quantitative estimate of drug-likeness (QED) is 0.681. The maximum absolute atomic E-state index is 12.0. The van der Waals surface area contributed by atoms with Gasteiger partial charge in [-0.25, -0.2) is 9.78 Å². The summed E-state index contributed by atoms with van der Waals surface area (Å²) in [5.74, 6) is 0.833. The molecule has 154 valence electrons. The highest BCUT2D eigenvalue weighted by Crippen LogP contribution is 2.40. The first-order chi connectivity index (χ1) is 14.1. The van der Waals surface area contributed by atoms with Crippen molar-refractivity contribution in [3.05, 3.63) is 41.0 Å². The molecule has 1 aliphatic heterocycles. The lowest BCUT2D eigenvalue weighted by molar-refractivity contribution is 0.0715. The van der Waals surface area contributed by atoms with Crippen LogP contribution in [-0.2, 0) is 4.74 Å². The van der Waals surface area contributed by atoms with Gasteiger partial charge in [0.15, 0.2) is 0 Å². The third-order valence-electron chi connectivity index (χ3n) is 5.00. The van der Waals surface area contributed by atoms with E-state index >= 15 is 0 Å². The fraction of sp³-hybridized carbons (Fsp3) is 0.421. The topological polar surface area (TPSA) is 92.4 Å². The molecule has 1 saturated heterocycles. The Bertz CT molecular complexity index is 996. The van der Waals surface area contributed by atoms with Crippen molar-refractivity contribution >= 4 is 22.4 Å². The minimum absolute atomic E-state index is 0.0862. The summed E-state index contributed by atoms with van der Waals surface area (Å²) < 4.78 is 12.0. The van der Waals surface area contributed by atoms with Crippen LogP contribution in [0.5, 0.6) is 11.6 Å². The highest BCUT2D eigenvalue weighted by Gasteiger charge is 2.32. The first kappa shape index (κ1) is 19.5. The highest BCUT2D eigenvalue weighted by atomic mass is 32.1. The number of aromatic nitrogens is 3. The van der Waals surface area contributed by atoms with Crippen molar-refractivity contribution < 1.29 is 19.4 Å². The molecule has 1 atom stereocenters. The zero-order valence-corrected chi connectivity index (χ0v) is 17.1. The van der Waals surface area contributed by atoms with Crippen LogP contribution >= 0.6 is 11.3 Å². The molecule has 1 fully saturated rings. The van der Waals surface area contributed by atoms with Gasteiger partial charge in [0, 0.05) is 26.2 Å². The number of ether oxygens (including phenoxy) is 2. The second-order valence-corrected chi connectivity index (χ2v) is 7.65. The first-order valence-corrected chi connectivity index (χ1v) is 10.2. The van der Waals surface area contributed by atoms with E-state index in [0.717, 1.165) is 16.2 Å². The number of benzene rings is 1. The van der Waals surface area contributed by atoms with Gasteiger partial charge in [-0.15, -0.1) is 0 Å². The van der Waals surface area contributed by atoms with Gasteiger partial charge in [0.25, 0.3) is 0 Å². The molecule has 1 unspecified atom stereocenters. The van der Waals surface area contributed by atoms with Crippen molar-refractivity contribution in [3.63, 3.8) is 0 Å². The number of carbonyl (C=O) groups excluding carboxylic acids is 1. The van der Waals surface area contributed by atoms with Crippen LogP contribution in [0.3, 0.4) is 0 Å². The number of hydrogen-bond donors (Lipinski definition) is 1. The van der Waals surface area contributed by atoms with E-state index in [4.69, 9.17) is 9.47 Å². The molecule has 1 amide bonds. The second-order valence-electron chi connectivity index (χ2n) is 6.65. The van der Waals surface area contributed by atoms with Crippen molar-refractivity contribution in [2.24, 2.45) is 0 Å². The molecule has 0 aliphatic carbocycles. The molecule has 3 heterocycles. The van der Waals surface area contributed by atoms with E-state index in [1.807, 2.05) is 24.3 Å². The SMILES string of the molecule is CCOC(=O)N1CCN(C(c2cccc(OC)c2)c2sc3ncnn3c2O)CC1. The standard InChI is InChI=1S/C19H23N5O4S/c1-3-28-19(26)23-9-7-22(8-10-23)15(13-5-4-6-14(11-13)27-2)16-17(25)24-18(29-16)20-12-21-24/h4-6,11-12,15,25H,3,7-10H2,1-2H3. The Morgan fingerprint density at radius 3 is 2.79 bits per heavy atom. The minimum atomic E-state index is -0.285. The van der Waals surface area contributed by atoms with E-state index in [9.17, 15) is 9.90 Å². The zero-order valence-electron chi connectivity index (χ0n) is 16.3. The number of thiazole rings is 1. The predicted octanol–water partition coefficient (Wildman–Crippen LogP) is 2.37. The van der Waals surface area contributed by atoms with Crippen LogP contribution in [0, 0.1) is 0 Å². The molecule has 0 radical (unpaired) electrons. The number of hydrogen-bond acceptors (Lipinski definition) is 8. The number of nitrogens with zero attached hydrogens (tertiary/aromatic N) is 5. The van der Waals surface area contributed by atoms with Gasteiger partial charge < -0.3 is 19.5 Å². The number of fused-ring (bicyclic) bond motifs is 1. The monoisotopic (exact) mass is 417 g/mol. The van der Waals surface area contributed by atoms with E-state index in [1.165, 1.54) is 22.2 Å². The molecule has 1 aromatic carbocycles. The Morgan fingerprint density at radius 2 is 2.10 bits per heavy atom. The van der Waals surface area contributed by atoms with E-state index in [2.05, 4.69) is 15.0 Å². The third-order valence-corrected chi connectivity index (χ3v) is 6.09. The molecule has 1 N–H and O–H groups in total. The van der Waals surface area contributed by atoms with E-state index in [-0.39, 0.29) is 18.0 Å². The molecule has 3 aromatic rings. The molecule has 9 nitrogen and oxygen atoms in total. The smallest absolute Gasteiger partial charge is 0.409 e. The molecular weight excluding hydrogens is 394 g/mol. The number of rotatable bonds is 5. The van der Waals surface area contributed by atoms with Gasteiger partial charge in [0.2, 0.25) is 10.8 Å². The Hall–Kier alpha value is -2.85. The molecule has 10 heteroatoms. The van der Waals surface area contributed by atoms with Gasteiger partial charge in [-0.05, 0) is 24.6 Å². The Morgan fingerprint density at radius 1 is 1.31 bits per heavy atom. The minimum Gasteiger partial charge on any atom is -0.497 e. The number of amides is 1. The van der Waals surface area contributed by atoms with Crippen LogP contribution in [0.2, 0.25) is 0 Å². The molecule has 0 bridgehead atoms. The lowest BCUT2D eigenvalue weighted by atomic mass is 10.0. The molecule has 1 aliphatic rings. The second kappa shape index (κ2) is 8.26. The molecule has 2 aromatic heterocycles. The fourth-order valence-electron chi connectivity index (χ4n) is 3.59. The lowest BCUT2D eigenvalue weighted by Crippen LogP contribution is -2.49. The normalized spacial score (nSPS) is 16.1. The predicted molar refractivity (Wildman–Crippen MR) is 108 cm³/mol. The van der Waals surface area contributed by atoms with Crippen molar-refractivity contribution in [1.29, 1.82) is 0 Å². The maximum atomic E-state index is 12.0. The summed E-state index contributed by atoms with van der Waals surface area (Å²) in [6.07, 6.45) is 1.14. The van der Waals surface area contributed by atoms with Gasteiger partial charge in [-0.3, -0.25) is 4.90 Å². The molecule has 4 rings (SSSR count). The summed E-state index contributed by atoms with van der Waals surface area (Å²) in [6, 6.07) is 7.60. The molecule has 29 heavy (non-hydrogen) atoms. The van der Waals surface area contributed by atoms with Crippen LogP contribution in [0.25, 0.3) is 4.96 Å². The molecular formula is C19H23N5O4S. The summed E-state index contributed by atoms with van der Waals surface area (Å²) in [4.78, 5) is 21.6. The van der Waals surface area contributed by atoms with Gasteiger partial charge >= 0.3 is 6.09 Å². The summed E-state index contributed by atoms with van der Waals surface area (Å²) in [5, 5.41) is 14.9. The number of methoxy groups -OCH3 is 1. The van der Waals surface area contributed by atoms with Crippen LogP contribution < -0.4 is 4.74 Å². The van der Waals surface area contributed by atoms with Crippen molar-refractivity contribution in [1.82, 2.24) is 24.4 Å². The van der Waals surface area contributed by atoms with Gasteiger partial charge in [-0.2, -0.15) is 9.61 Å². The Balaban J connectivity index is 1.67. The van der Waals surface area contributed by atoms with Crippen molar-refractivity contribution in [2.45, 2.75) is 13.0 Å². The summed E-state index contributed by atoms with van der Waals surface area (Å²) in [6.45, 7) is 4.57.